The molecule has 3 rings (SSSR count). The van der Waals surface area contributed by atoms with Gasteiger partial charge in [0, 0.05) is 23.1 Å². The minimum atomic E-state index is 1.04. The van der Waals surface area contributed by atoms with Crippen LogP contribution in [0.5, 0.6) is 0 Å². The molecule has 0 spiro atoms. The van der Waals surface area contributed by atoms with Crippen molar-refractivity contribution in [3.05, 3.63) is 120 Å². The van der Waals surface area contributed by atoms with E-state index in [1.54, 1.807) is 0 Å². The molecule has 0 heterocycles. The molecule has 228 valence electrons. The normalized spacial score (nSPS) is 11.8. The van der Waals surface area contributed by atoms with Gasteiger partial charge >= 0.3 is 0 Å². The molecule has 0 fully saturated rings. The summed E-state index contributed by atoms with van der Waals surface area (Å²) >= 11 is 0. The van der Waals surface area contributed by atoms with E-state index in [0.717, 1.165) is 37.1 Å². The second-order valence-corrected chi connectivity index (χ2v) is 12.6. The predicted molar refractivity (Wildman–Crippen MR) is 184 cm³/mol. The van der Waals surface area contributed by atoms with Gasteiger partial charge in [0.05, 0.1) is 6.54 Å². The number of nitrogens with zero attached hydrogens (tertiary/aromatic N) is 1. The van der Waals surface area contributed by atoms with E-state index in [2.05, 4.69) is 110 Å². The van der Waals surface area contributed by atoms with Gasteiger partial charge in [-0.05, 0) is 12.8 Å². The molecule has 0 aliphatic carbocycles. The van der Waals surface area contributed by atoms with Crippen LogP contribution in [0.25, 0.3) is 0 Å². The third-order valence-corrected chi connectivity index (χ3v) is 8.74. The third kappa shape index (κ3) is 15.0. The van der Waals surface area contributed by atoms with Gasteiger partial charge in [0.15, 0.2) is 0 Å². The standard InChI is InChI=1S/C41H60N/c1-2-3-4-5-6-7-8-9-10-11-12-13-14-15-16-17-18-28-35-42(36-39-29-22-19-23-30-39,37-40-31-24-20-25-32-40)38-41-33-26-21-27-34-41/h17-27,29-34H,2-16,28,35-38H2,1H3/q+1/b18-17+. The van der Waals surface area contributed by atoms with Crippen LogP contribution < -0.4 is 0 Å². The molecule has 0 amide bonds. The fraction of sp³-hybridized carbons (Fsp3) is 0.512. The van der Waals surface area contributed by atoms with Crippen molar-refractivity contribution < 1.29 is 4.48 Å². The van der Waals surface area contributed by atoms with E-state index in [-0.39, 0.29) is 0 Å². The van der Waals surface area contributed by atoms with Crippen molar-refractivity contribution in [2.75, 3.05) is 6.54 Å². The minimum absolute atomic E-state index is 1.04. The molecule has 1 heteroatoms. The highest BCUT2D eigenvalue weighted by Crippen LogP contribution is 2.25. The molecule has 0 unspecified atom stereocenters. The van der Waals surface area contributed by atoms with E-state index in [9.17, 15) is 0 Å². The SMILES string of the molecule is CCCCCCCCCCCCCCCC/C=C/CC[N+](Cc1ccccc1)(Cc1ccccc1)Cc1ccccc1. The topological polar surface area (TPSA) is 0 Å². The maximum absolute atomic E-state index is 2.47. The van der Waals surface area contributed by atoms with E-state index in [1.807, 2.05) is 0 Å². The summed E-state index contributed by atoms with van der Waals surface area (Å²) in [4.78, 5) is 0. The summed E-state index contributed by atoms with van der Waals surface area (Å²) in [5.41, 5.74) is 4.28. The predicted octanol–water partition coefficient (Wildman–Crippen LogP) is 12.2. The van der Waals surface area contributed by atoms with E-state index < -0.39 is 0 Å². The first-order valence-electron chi connectivity index (χ1n) is 17.4. The van der Waals surface area contributed by atoms with Gasteiger partial charge < -0.3 is 4.48 Å². The molecule has 0 aliphatic heterocycles. The number of quaternary nitrogens is 1. The van der Waals surface area contributed by atoms with E-state index in [1.165, 1.54) is 113 Å². The molecule has 0 radical (unpaired) electrons. The first kappa shape index (κ1) is 33.9. The lowest BCUT2D eigenvalue weighted by Crippen LogP contribution is -2.46. The van der Waals surface area contributed by atoms with Crippen molar-refractivity contribution in [3.63, 3.8) is 0 Å². The number of rotatable bonds is 24. The molecule has 1 nitrogen and oxygen atoms in total. The quantitative estimate of drug-likeness (QED) is 0.0574. The molecule has 0 aromatic heterocycles. The lowest BCUT2D eigenvalue weighted by atomic mass is 10.0. The summed E-state index contributed by atoms with van der Waals surface area (Å²) in [6.07, 6.45) is 27.3. The van der Waals surface area contributed by atoms with Crippen LogP contribution in [-0.2, 0) is 19.6 Å². The molecule has 0 saturated carbocycles. The van der Waals surface area contributed by atoms with Gasteiger partial charge in [-0.2, -0.15) is 0 Å². The average Bonchev–Trinajstić information content (AvgIpc) is 3.02. The smallest absolute Gasteiger partial charge is 0.105 e. The van der Waals surface area contributed by atoms with Crippen molar-refractivity contribution in [3.8, 4) is 0 Å². The molecule has 0 N–H and O–H groups in total. The zero-order chi connectivity index (χ0) is 29.4. The Hall–Kier alpha value is -2.64. The van der Waals surface area contributed by atoms with Crippen LogP contribution in [0, 0.1) is 0 Å². The van der Waals surface area contributed by atoms with E-state index in [0.29, 0.717) is 0 Å². The van der Waals surface area contributed by atoms with Crippen molar-refractivity contribution >= 4 is 0 Å². The molecular weight excluding hydrogens is 506 g/mol. The second kappa shape index (κ2) is 22.0. The van der Waals surface area contributed by atoms with Gasteiger partial charge in [-0.15, -0.1) is 0 Å². The van der Waals surface area contributed by atoms with Gasteiger partial charge in [-0.25, -0.2) is 0 Å². The van der Waals surface area contributed by atoms with Crippen LogP contribution in [0.3, 0.4) is 0 Å². The molecule has 3 aromatic rings. The highest BCUT2D eigenvalue weighted by Gasteiger charge is 2.28. The largest absolute Gasteiger partial charge is 0.312 e. The lowest BCUT2D eigenvalue weighted by Gasteiger charge is -2.39. The van der Waals surface area contributed by atoms with Gasteiger partial charge in [0.1, 0.15) is 19.6 Å². The Morgan fingerprint density at radius 3 is 1.12 bits per heavy atom. The van der Waals surface area contributed by atoms with Crippen molar-refractivity contribution in [1.29, 1.82) is 0 Å². The Morgan fingerprint density at radius 1 is 0.405 bits per heavy atom. The maximum Gasteiger partial charge on any atom is 0.105 e. The molecule has 0 saturated heterocycles. The van der Waals surface area contributed by atoms with Gasteiger partial charge in [-0.3, -0.25) is 0 Å². The van der Waals surface area contributed by atoms with Gasteiger partial charge in [-0.1, -0.05) is 194 Å². The number of allylic oxidation sites excluding steroid dienone is 1. The molecule has 42 heavy (non-hydrogen) atoms. The van der Waals surface area contributed by atoms with Crippen LogP contribution in [0.4, 0.5) is 0 Å². The monoisotopic (exact) mass is 566 g/mol. The molecule has 3 aromatic carbocycles. The first-order valence-corrected chi connectivity index (χ1v) is 17.4. The van der Waals surface area contributed by atoms with Crippen LogP contribution in [0.15, 0.2) is 103 Å². The zero-order valence-electron chi connectivity index (χ0n) is 26.9. The molecule has 0 aliphatic rings. The van der Waals surface area contributed by atoms with Crippen molar-refractivity contribution in [2.24, 2.45) is 0 Å². The van der Waals surface area contributed by atoms with E-state index >= 15 is 0 Å². The number of benzene rings is 3. The Balaban J connectivity index is 1.40. The first-order chi connectivity index (χ1) is 20.8. The fourth-order valence-corrected chi connectivity index (χ4v) is 6.36. The van der Waals surface area contributed by atoms with Crippen molar-refractivity contribution in [1.82, 2.24) is 0 Å². The summed E-state index contributed by atoms with van der Waals surface area (Å²) in [7, 11) is 0. The zero-order valence-corrected chi connectivity index (χ0v) is 26.9. The minimum Gasteiger partial charge on any atom is -0.312 e. The summed E-state index contributed by atoms with van der Waals surface area (Å²) in [6.45, 7) is 6.61. The molecular formula is C41H60N+. The maximum atomic E-state index is 2.47. The summed E-state index contributed by atoms with van der Waals surface area (Å²) < 4.78 is 1.04. The number of unbranched alkanes of at least 4 members (excludes halogenated alkanes) is 14. The van der Waals surface area contributed by atoms with E-state index in [4.69, 9.17) is 0 Å². The highest BCUT2D eigenvalue weighted by molar-refractivity contribution is 5.17. The molecule has 0 bridgehead atoms. The van der Waals surface area contributed by atoms with Gasteiger partial charge in [0.2, 0.25) is 0 Å². The Bertz CT molecular complexity index is 939. The Morgan fingerprint density at radius 2 is 0.738 bits per heavy atom. The lowest BCUT2D eigenvalue weighted by molar-refractivity contribution is -0.965. The Kier molecular flexibility index (Phi) is 17.7. The van der Waals surface area contributed by atoms with Crippen LogP contribution in [0.2, 0.25) is 0 Å². The number of hydrogen-bond acceptors (Lipinski definition) is 0. The summed E-state index contributed by atoms with van der Waals surface area (Å²) in [5, 5.41) is 0. The highest BCUT2D eigenvalue weighted by atomic mass is 15.3. The molecule has 0 atom stereocenters. The third-order valence-electron chi connectivity index (χ3n) is 8.74. The average molecular weight is 567 g/mol. The van der Waals surface area contributed by atoms with Gasteiger partial charge in [0.25, 0.3) is 0 Å². The van der Waals surface area contributed by atoms with Crippen LogP contribution in [-0.4, -0.2) is 11.0 Å². The summed E-state index contributed by atoms with van der Waals surface area (Å²) in [5.74, 6) is 0. The second-order valence-electron chi connectivity index (χ2n) is 12.6. The Labute approximate surface area is 259 Å². The number of hydrogen-bond donors (Lipinski definition) is 0. The summed E-state index contributed by atoms with van der Waals surface area (Å²) in [6, 6.07) is 33.3. The van der Waals surface area contributed by atoms with Crippen LogP contribution >= 0.6 is 0 Å². The fourth-order valence-electron chi connectivity index (χ4n) is 6.36. The van der Waals surface area contributed by atoms with Crippen LogP contribution in [0.1, 0.15) is 126 Å². The van der Waals surface area contributed by atoms with Crippen molar-refractivity contribution in [2.45, 2.75) is 129 Å².